The minimum atomic E-state index is -0.144. The van der Waals surface area contributed by atoms with Crippen molar-refractivity contribution >= 4 is 17.3 Å². The van der Waals surface area contributed by atoms with Gasteiger partial charge in [0.1, 0.15) is 11.9 Å². The molecule has 126 valence electrons. The molecule has 1 atom stereocenters. The maximum Gasteiger partial charge on any atom is 0.247 e. The maximum absolute atomic E-state index is 12.7. The van der Waals surface area contributed by atoms with E-state index in [0.29, 0.717) is 5.69 Å². The van der Waals surface area contributed by atoms with Gasteiger partial charge in [0, 0.05) is 17.6 Å². The Balaban J connectivity index is 1.70. The van der Waals surface area contributed by atoms with Crippen molar-refractivity contribution < 1.29 is 4.79 Å². The number of nitrogens with one attached hydrogen (secondary N) is 1. The lowest BCUT2D eigenvalue weighted by molar-refractivity contribution is -0.117. The van der Waals surface area contributed by atoms with E-state index in [1.54, 1.807) is 12.4 Å². The van der Waals surface area contributed by atoms with Crippen LogP contribution in [0.15, 0.2) is 42.7 Å². The van der Waals surface area contributed by atoms with Crippen molar-refractivity contribution in [2.24, 2.45) is 0 Å². The molecule has 1 unspecified atom stereocenters. The summed E-state index contributed by atoms with van der Waals surface area (Å²) in [4.78, 5) is 23.6. The number of rotatable bonds is 3. The van der Waals surface area contributed by atoms with Crippen LogP contribution in [-0.2, 0) is 10.2 Å². The summed E-state index contributed by atoms with van der Waals surface area (Å²) in [6.07, 6.45) is 5.26. The fraction of sp³-hybridized carbons (Fsp3) is 0.421. The number of nitrogens with zero attached hydrogens (tertiary/aromatic N) is 3. The Labute approximate surface area is 143 Å². The molecular formula is C19H24N4O. The van der Waals surface area contributed by atoms with Crippen LogP contribution in [-0.4, -0.2) is 28.5 Å². The summed E-state index contributed by atoms with van der Waals surface area (Å²) in [5.74, 6) is 0.774. The molecule has 1 amide bonds. The van der Waals surface area contributed by atoms with Gasteiger partial charge in [0.2, 0.25) is 5.91 Å². The number of carbonyl (C=O) groups excluding carboxylic acids is 1. The number of para-hydroxylation sites is 1. The fourth-order valence-electron chi connectivity index (χ4n) is 2.97. The molecule has 1 fully saturated rings. The molecule has 1 aliphatic rings. The second-order valence-corrected chi connectivity index (χ2v) is 7.22. The van der Waals surface area contributed by atoms with E-state index in [0.717, 1.165) is 30.9 Å². The van der Waals surface area contributed by atoms with Gasteiger partial charge in [-0.05, 0) is 25.0 Å². The maximum atomic E-state index is 12.7. The molecule has 0 spiro atoms. The van der Waals surface area contributed by atoms with Gasteiger partial charge in [-0.25, -0.2) is 9.97 Å². The SMILES string of the molecule is CC(C)(C)c1ncc(NC(=O)C2CCCN2c2ccccc2)cn1. The van der Waals surface area contributed by atoms with Crippen LogP contribution in [0.2, 0.25) is 0 Å². The minimum Gasteiger partial charge on any atom is -0.360 e. The zero-order valence-corrected chi connectivity index (χ0v) is 14.5. The van der Waals surface area contributed by atoms with Crippen molar-refractivity contribution in [2.45, 2.75) is 45.1 Å². The third kappa shape index (κ3) is 3.55. The molecule has 24 heavy (non-hydrogen) atoms. The number of benzene rings is 1. The highest BCUT2D eigenvalue weighted by molar-refractivity contribution is 5.97. The third-order valence-electron chi connectivity index (χ3n) is 4.23. The quantitative estimate of drug-likeness (QED) is 0.940. The molecule has 2 heterocycles. The first-order valence-corrected chi connectivity index (χ1v) is 8.40. The molecule has 0 saturated carbocycles. The van der Waals surface area contributed by atoms with E-state index in [2.05, 4.69) is 41.0 Å². The van der Waals surface area contributed by atoms with Gasteiger partial charge in [0.05, 0.1) is 18.1 Å². The molecule has 3 rings (SSSR count). The van der Waals surface area contributed by atoms with Crippen LogP contribution in [0.5, 0.6) is 0 Å². The summed E-state index contributed by atoms with van der Waals surface area (Å²) in [5.41, 5.74) is 1.64. The standard InChI is InChI=1S/C19H24N4O/c1-19(2,3)18-20-12-14(13-21-18)22-17(24)16-10-7-11-23(16)15-8-5-4-6-9-15/h4-6,8-9,12-13,16H,7,10-11H2,1-3H3,(H,22,24). The first-order chi connectivity index (χ1) is 11.4. The Morgan fingerprint density at radius 1 is 1.17 bits per heavy atom. The molecule has 5 nitrogen and oxygen atoms in total. The molecule has 0 bridgehead atoms. The average molecular weight is 324 g/mol. The highest BCUT2D eigenvalue weighted by Crippen LogP contribution is 2.26. The summed E-state index contributed by atoms with van der Waals surface area (Å²) in [6, 6.07) is 9.95. The third-order valence-corrected chi connectivity index (χ3v) is 4.23. The Bertz CT molecular complexity index is 692. The van der Waals surface area contributed by atoms with E-state index >= 15 is 0 Å². The Morgan fingerprint density at radius 3 is 2.46 bits per heavy atom. The zero-order valence-electron chi connectivity index (χ0n) is 14.5. The van der Waals surface area contributed by atoms with Gasteiger partial charge < -0.3 is 10.2 Å². The molecule has 2 aromatic rings. The summed E-state index contributed by atoms with van der Waals surface area (Å²) < 4.78 is 0. The van der Waals surface area contributed by atoms with Gasteiger partial charge >= 0.3 is 0 Å². The van der Waals surface area contributed by atoms with Gasteiger partial charge in [-0.15, -0.1) is 0 Å². The van der Waals surface area contributed by atoms with Crippen LogP contribution in [0.3, 0.4) is 0 Å². The lowest BCUT2D eigenvalue weighted by Crippen LogP contribution is -2.39. The van der Waals surface area contributed by atoms with Gasteiger partial charge in [-0.3, -0.25) is 4.79 Å². The smallest absolute Gasteiger partial charge is 0.247 e. The van der Waals surface area contributed by atoms with E-state index in [9.17, 15) is 4.79 Å². The van der Waals surface area contributed by atoms with E-state index < -0.39 is 0 Å². The summed E-state index contributed by atoms with van der Waals surface area (Å²) in [7, 11) is 0. The van der Waals surface area contributed by atoms with Gasteiger partial charge in [0.15, 0.2) is 0 Å². The van der Waals surface area contributed by atoms with E-state index in [1.807, 2.05) is 30.3 Å². The number of amides is 1. The van der Waals surface area contributed by atoms with Crippen LogP contribution in [0.25, 0.3) is 0 Å². The number of hydrogen-bond donors (Lipinski definition) is 1. The fourth-order valence-corrected chi connectivity index (χ4v) is 2.97. The molecule has 0 radical (unpaired) electrons. The molecule has 1 aliphatic heterocycles. The van der Waals surface area contributed by atoms with E-state index in [4.69, 9.17) is 0 Å². The minimum absolute atomic E-state index is 0.00321. The van der Waals surface area contributed by atoms with Gasteiger partial charge in [0.25, 0.3) is 0 Å². The molecule has 5 heteroatoms. The largest absolute Gasteiger partial charge is 0.360 e. The zero-order chi connectivity index (χ0) is 17.2. The van der Waals surface area contributed by atoms with Crippen molar-refractivity contribution in [1.82, 2.24) is 9.97 Å². The number of hydrogen-bond acceptors (Lipinski definition) is 4. The molecule has 0 aliphatic carbocycles. The number of anilines is 2. The predicted octanol–water partition coefficient (Wildman–Crippen LogP) is 3.38. The summed E-state index contributed by atoms with van der Waals surface area (Å²) in [5, 5.41) is 2.96. The Morgan fingerprint density at radius 2 is 1.83 bits per heavy atom. The van der Waals surface area contributed by atoms with Gasteiger partial charge in [-0.2, -0.15) is 0 Å². The van der Waals surface area contributed by atoms with Crippen LogP contribution in [0, 0.1) is 0 Å². The van der Waals surface area contributed by atoms with E-state index in [1.165, 1.54) is 0 Å². The van der Waals surface area contributed by atoms with Crippen molar-refractivity contribution in [3.05, 3.63) is 48.5 Å². The second kappa shape index (κ2) is 6.59. The molecule has 1 aromatic heterocycles. The second-order valence-electron chi connectivity index (χ2n) is 7.22. The van der Waals surface area contributed by atoms with Crippen LogP contribution < -0.4 is 10.2 Å². The number of aromatic nitrogens is 2. The van der Waals surface area contributed by atoms with Gasteiger partial charge in [-0.1, -0.05) is 39.0 Å². The van der Waals surface area contributed by atoms with Crippen molar-refractivity contribution in [1.29, 1.82) is 0 Å². The topological polar surface area (TPSA) is 58.1 Å². The summed E-state index contributed by atoms with van der Waals surface area (Å²) in [6.45, 7) is 7.10. The van der Waals surface area contributed by atoms with Crippen LogP contribution in [0.4, 0.5) is 11.4 Å². The first kappa shape index (κ1) is 16.4. The molecule has 1 aromatic carbocycles. The number of carbonyl (C=O) groups is 1. The summed E-state index contributed by atoms with van der Waals surface area (Å²) >= 11 is 0. The van der Waals surface area contributed by atoms with Crippen molar-refractivity contribution in [2.75, 3.05) is 16.8 Å². The normalized spacial score (nSPS) is 17.8. The van der Waals surface area contributed by atoms with E-state index in [-0.39, 0.29) is 17.4 Å². The average Bonchev–Trinajstić information content (AvgIpc) is 3.05. The Kier molecular flexibility index (Phi) is 4.51. The molecular weight excluding hydrogens is 300 g/mol. The highest BCUT2D eigenvalue weighted by Gasteiger charge is 2.31. The molecule has 1 N–H and O–H groups in total. The lowest BCUT2D eigenvalue weighted by atomic mass is 9.96. The van der Waals surface area contributed by atoms with Crippen molar-refractivity contribution in [3.63, 3.8) is 0 Å². The van der Waals surface area contributed by atoms with Crippen LogP contribution >= 0.6 is 0 Å². The first-order valence-electron chi connectivity index (χ1n) is 8.40. The Hall–Kier alpha value is -2.43. The predicted molar refractivity (Wildman–Crippen MR) is 96.2 cm³/mol. The van der Waals surface area contributed by atoms with Crippen molar-refractivity contribution in [3.8, 4) is 0 Å². The lowest BCUT2D eigenvalue weighted by Gasteiger charge is -2.26. The molecule has 1 saturated heterocycles. The monoisotopic (exact) mass is 324 g/mol. The highest BCUT2D eigenvalue weighted by atomic mass is 16.2. The van der Waals surface area contributed by atoms with Crippen LogP contribution in [0.1, 0.15) is 39.4 Å².